The Kier molecular flexibility index (Phi) is 4.78. The fourth-order valence-electron chi connectivity index (χ4n) is 2.37. The molecule has 3 heteroatoms. The molecule has 1 fully saturated rings. The number of hydrogen-bond donors (Lipinski definition) is 1. The van der Waals surface area contributed by atoms with Crippen LogP contribution in [0.2, 0.25) is 5.02 Å². The lowest BCUT2D eigenvalue weighted by Crippen LogP contribution is -2.18. The maximum atomic E-state index is 6.33. The molecule has 1 atom stereocenters. The quantitative estimate of drug-likeness (QED) is 0.884. The normalized spacial score (nSPS) is 18.5. The molecule has 1 nitrogen and oxygen atoms in total. The van der Waals surface area contributed by atoms with Gasteiger partial charge in [0.2, 0.25) is 0 Å². The molecule has 1 aliphatic carbocycles. The van der Waals surface area contributed by atoms with Crippen molar-refractivity contribution in [3.63, 3.8) is 0 Å². The molecule has 1 aromatic carbocycles. The third-order valence-corrected chi connectivity index (χ3v) is 5.13. The largest absolute Gasteiger partial charge is 0.328 e. The average molecular weight is 270 g/mol. The van der Waals surface area contributed by atoms with E-state index < -0.39 is 0 Å². The van der Waals surface area contributed by atoms with Crippen molar-refractivity contribution in [3.8, 4) is 0 Å². The molecule has 0 heterocycles. The molecule has 0 aliphatic heterocycles. The molecule has 17 heavy (non-hydrogen) atoms. The number of benzene rings is 1. The molecule has 0 saturated heterocycles. The number of rotatable bonds is 4. The predicted molar refractivity (Wildman–Crippen MR) is 76.9 cm³/mol. The van der Waals surface area contributed by atoms with Gasteiger partial charge in [0.05, 0.1) is 5.02 Å². The highest BCUT2D eigenvalue weighted by molar-refractivity contribution is 8.00. The van der Waals surface area contributed by atoms with Gasteiger partial charge in [-0.05, 0) is 37.8 Å². The van der Waals surface area contributed by atoms with Crippen LogP contribution in [0.3, 0.4) is 0 Å². The van der Waals surface area contributed by atoms with E-state index in [1.54, 1.807) is 0 Å². The van der Waals surface area contributed by atoms with Gasteiger partial charge in [-0.2, -0.15) is 0 Å². The maximum Gasteiger partial charge on any atom is 0.0544 e. The zero-order chi connectivity index (χ0) is 12.3. The van der Waals surface area contributed by atoms with E-state index >= 15 is 0 Å². The monoisotopic (exact) mass is 269 g/mol. The van der Waals surface area contributed by atoms with Crippen LogP contribution < -0.4 is 5.73 Å². The molecule has 1 saturated carbocycles. The van der Waals surface area contributed by atoms with Crippen LogP contribution in [0.15, 0.2) is 23.1 Å². The minimum absolute atomic E-state index is 0.191. The van der Waals surface area contributed by atoms with Gasteiger partial charge in [0.15, 0.2) is 0 Å². The molecule has 0 radical (unpaired) electrons. The molecule has 0 amide bonds. The first kappa shape index (κ1) is 13.3. The number of halogens is 1. The van der Waals surface area contributed by atoms with Gasteiger partial charge in [0.1, 0.15) is 0 Å². The lowest BCUT2D eigenvalue weighted by atomic mass is 10.1. The van der Waals surface area contributed by atoms with Gasteiger partial charge >= 0.3 is 0 Å². The number of hydrogen-bond acceptors (Lipinski definition) is 2. The number of thioether (sulfide) groups is 1. The van der Waals surface area contributed by atoms with Crippen molar-refractivity contribution in [1.82, 2.24) is 0 Å². The molecule has 0 spiro atoms. The highest BCUT2D eigenvalue weighted by Gasteiger charge is 2.19. The predicted octanol–water partition coefficient (Wildman–Crippen LogP) is 4.26. The average Bonchev–Trinajstić information content (AvgIpc) is 2.75. The summed E-state index contributed by atoms with van der Waals surface area (Å²) in [7, 11) is 0. The summed E-state index contributed by atoms with van der Waals surface area (Å²) in [5.74, 6) is 0. The Bertz CT molecular complexity index is 372. The van der Waals surface area contributed by atoms with E-state index in [2.05, 4.69) is 6.07 Å². The minimum atomic E-state index is 0.191. The van der Waals surface area contributed by atoms with Crippen LogP contribution in [0.4, 0.5) is 0 Å². The van der Waals surface area contributed by atoms with Gasteiger partial charge in [-0.25, -0.2) is 0 Å². The SMILES string of the molecule is CC(N)Cc1cccc(Cl)c1SC1CCCC1. The highest BCUT2D eigenvalue weighted by atomic mass is 35.5. The molecule has 1 aromatic rings. The standard InChI is InChI=1S/C14H20ClNS/c1-10(16)9-11-5-4-8-13(15)14(11)17-12-6-2-3-7-12/h4-5,8,10,12H,2-3,6-7,9,16H2,1H3. The fraction of sp³-hybridized carbons (Fsp3) is 0.571. The lowest BCUT2D eigenvalue weighted by molar-refractivity contribution is 0.729. The van der Waals surface area contributed by atoms with Crippen molar-refractivity contribution in [2.75, 3.05) is 0 Å². The van der Waals surface area contributed by atoms with Gasteiger partial charge < -0.3 is 5.73 Å². The summed E-state index contributed by atoms with van der Waals surface area (Å²) in [6, 6.07) is 6.37. The summed E-state index contributed by atoms with van der Waals surface area (Å²) >= 11 is 8.29. The highest BCUT2D eigenvalue weighted by Crippen LogP contribution is 2.40. The summed E-state index contributed by atoms with van der Waals surface area (Å²) < 4.78 is 0. The molecule has 1 aliphatic rings. The molecule has 1 unspecified atom stereocenters. The Labute approximate surface area is 113 Å². The molecular weight excluding hydrogens is 250 g/mol. The second-order valence-corrected chi connectivity index (χ2v) is 6.65. The topological polar surface area (TPSA) is 26.0 Å². The van der Waals surface area contributed by atoms with E-state index in [9.17, 15) is 0 Å². The van der Waals surface area contributed by atoms with Crippen molar-refractivity contribution in [2.24, 2.45) is 5.73 Å². The van der Waals surface area contributed by atoms with Crippen LogP contribution in [-0.2, 0) is 6.42 Å². The molecule has 94 valence electrons. The van der Waals surface area contributed by atoms with E-state index in [0.717, 1.165) is 16.7 Å². The molecule has 0 aromatic heterocycles. The van der Waals surface area contributed by atoms with Gasteiger partial charge in [-0.3, -0.25) is 0 Å². The first-order valence-corrected chi connectivity index (χ1v) is 7.62. The number of nitrogens with two attached hydrogens (primary N) is 1. The van der Waals surface area contributed by atoms with Gasteiger partial charge in [-0.1, -0.05) is 36.6 Å². The molecule has 2 rings (SSSR count). The Hall–Kier alpha value is -0.180. The van der Waals surface area contributed by atoms with Crippen LogP contribution >= 0.6 is 23.4 Å². The van der Waals surface area contributed by atoms with E-state index in [4.69, 9.17) is 17.3 Å². The van der Waals surface area contributed by atoms with Gasteiger partial charge in [-0.15, -0.1) is 11.8 Å². The zero-order valence-electron chi connectivity index (χ0n) is 10.3. The maximum absolute atomic E-state index is 6.33. The van der Waals surface area contributed by atoms with Crippen LogP contribution in [-0.4, -0.2) is 11.3 Å². The van der Waals surface area contributed by atoms with E-state index in [0.29, 0.717) is 0 Å². The van der Waals surface area contributed by atoms with E-state index in [1.165, 1.54) is 36.1 Å². The van der Waals surface area contributed by atoms with Crippen molar-refractivity contribution in [1.29, 1.82) is 0 Å². The summed E-state index contributed by atoms with van der Waals surface area (Å²) in [6.45, 7) is 2.05. The summed E-state index contributed by atoms with van der Waals surface area (Å²) in [6.07, 6.45) is 6.30. The van der Waals surface area contributed by atoms with Crippen molar-refractivity contribution in [3.05, 3.63) is 28.8 Å². The first-order chi connectivity index (χ1) is 8.16. The van der Waals surface area contributed by atoms with Crippen LogP contribution in [0.25, 0.3) is 0 Å². The van der Waals surface area contributed by atoms with E-state index in [1.807, 2.05) is 30.8 Å². The Morgan fingerprint density at radius 2 is 2.12 bits per heavy atom. The fourth-order valence-corrected chi connectivity index (χ4v) is 4.08. The minimum Gasteiger partial charge on any atom is -0.328 e. The van der Waals surface area contributed by atoms with Gasteiger partial charge in [0, 0.05) is 16.2 Å². The van der Waals surface area contributed by atoms with Gasteiger partial charge in [0.25, 0.3) is 0 Å². The lowest BCUT2D eigenvalue weighted by Gasteiger charge is -2.16. The van der Waals surface area contributed by atoms with Crippen LogP contribution in [0, 0.1) is 0 Å². The molecule has 2 N–H and O–H groups in total. The van der Waals surface area contributed by atoms with Crippen molar-refractivity contribution in [2.45, 2.75) is 55.2 Å². The smallest absolute Gasteiger partial charge is 0.0544 e. The molecule has 0 bridgehead atoms. The third-order valence-electron chi connectivity index (χ3n) is 3.18. The zero-order valence-corrected chi connectivity index (χ0v) is 11.9. The third kappa shape index (κ3) is 3.64. The van der Waals surface area contributed by atoms with E-state index in [-0.39, 0.29) is 6.04 Å². The second-order valence-electron chi connectivity index (χ2n) is 4.93. The van der Waals surface area contributed by atoms with Crippen LogP contribution in [0.1, 0.15) is 38.2 Å². The summed E-state index contributed by atoms with van der Waals surface area (Å²) in [5.41, 5.74) is 7.21. The van der Waals surface area contributed by atoms with Crippen LogP contribution in [0.5, 0.6) is 0 Å². The van der Waals surface area contributed by atoms with Crippen molar-refractivity contribution >= 4 is 23.4 Å². The second kappa shape index (κ2) is 6.12. The Balaban J connectivity index is 2.17. The van der Waals surface area contributed by atoms with Crippen molar-refractivity contribution < 1.29 is 0 Å². The summed E-state index contributed by atoms with van der Waals surface area (Å²) in [5, 5.41) is 1.64. The summed E-state index contributed by atoms with van der Waals surface area (Å²) in [4.78, 5) is 1.26. The Morgan fingerprint density at radius 1 is 1.41 bits per heavy atom. The first-order valence-electron chi connectivity index (χ1n) is 6.36. The Morgan fingerprint density at radius 3 is 2.76 bits per heavy atom. The molecular formula is C14H20ClNS.